The highest BCUT2D eigenvalue weighted by atomic mass is 19.4. The topological polar surface area (TPSA) is 53.5 Å². The first-order valence-electron chi connectivity index (χ1n) is 7.81. The van der Waals surface area contributed by atoms with Crippen molar-refractivity contribution in [3.8, 4) is 34.3 Å². The van der Waals surface area contributed by atoms with Crippen LogP contribution >= 0.6 is 0 Å². The van der Waals surface area contributed by atoms with Crippen LogP contribution in [0.5, 0.6) is 23.1 Å². The number of methoxy groups -OCH3 is 2. The van der Waals surface area contributed by atoms with Crippen LogP contribution in [0.3, 0.4) is 0 Å². The molecule has 3 aromatic rings. The van der Waals surface area contributed by atoms with Crippen LogP contribution in [0.2, 0.25) is 0 Å². The van der Waals surface area contributed by atoms with E-state index in [-0.39, 0.29) is 11.6 Å². The van der Waals surface area contributed by atoms with Crippen molar-refractivity contribution < 1.29 is 27.4 Å². The molecule has 2 heterocycles. The minimum absolute atomic E-state index is 0.122. The van der Waals surface area contributed by atoms with E-state index in [1.165, 1.54) is 26.5 Å². The van der Waals surface area contributed by atoms with E-state index in [2.05, 4.69) is 9.97 Å². The molecule has 5 nitrogen and oxygen atoms in total. The van der Waals surface area contributed by atoms with Crippen molar-refractivity contribution in [1.29, 1.82) is 0 Å². The van der Waals surface area contributed by atoms with Crippen molar-refractivity contribution in [2.45, 2.75) is 6.18 Å². The average Bonchev–Trinajstić information content (AvgIpc) is 2.67. The molecule has 1 aromatic carbocycles. The largest absolute Gasteiger partial charge is 0.496 e. The molecule has 140 valence electrons. The Morgan fingerprint density at radius 1 is 0.852 bits per heavy atom. The van der Waals surface area contributed by atoms with Gasteiger partial charge in [-0.05, 0) is 36.4 Å². The Morgan fingerprint density at radius 2 is 1.56 bits per heavy atom. The minimum Gasteiger partial charge on any atom is -0.496 e. The second-order valence-electron chi connectivity index (χ2n) is 5.37. The van der Waals surface area contributed by atoms with Gasteiger partial charge in [-0.2, -0.15) is 13.2 Å². The number of hydrogen-bond donors (Lipinski definition) is 0. The molecule has 2 aromatic heterocycles. The summed E-state index contributed by atoms with van der Waals surface area (Å²) in [6, 6.07) is 10.8. The van der Waals surface area contributed by atoms with Crippen LogP contribution in [-0.4, -0.2) is 24.2 Å². The number of pyridine rings is 2. The van der Waals surface area contributed by atoms with Crippen molar-refractivity contribution in [1.82, 2.24) is 9.97 Å². The second kappa shape index (κ2) is 7.53. The summed E-state index contributed by atoms with van der Waals surface area (Å²) in [7, 11) is 3.05. The van der Waals surface area contributed by atoms with Crippen LogP contribution in [0.15, 0.2) is 54.9 Å². The highest BCUT2D eigenvalue weighted by Crippen LogP contribution is 2.42. The molecule has 27 heavy (non-hydrogen) atoms. The molecule has 8 heteroatoms. The van der Waals surface area contributed by atoms with E-state index < -0.39 is 11.9 Å². The highest BCUT2D eigenvalue weighted by molar-refractivity contribution is 5.80. The highest BCUT2D eigenvalue weighted by Gasteiger charge is 2.32. The predicted molar refractivity (Wildman–Crippen MR) is 92.1 cm³/mol. The van der Waals surface area contributed by atoms with Gasteiger partial charge in [0.25, 0.3) is 0 Å². The predicted octanol–water partition coefficient (Wildman–Crippen LogP) is 4.97. The molecule has 0 aliphatic rings. The van der Waals surface area contributed by atoms with Crippen molar-refractivity contribution in [3.05, 3.63) is 60.6 Å². The molecule has 3 rings (SSSR count). The quantitative estimate of drug-likeness (QED) is 0.629. The van der Waals surface area contributed by atoms with Gasteiger partial charge in [-0.15, -0.1) is 0 Å². The van der Waals surface area contributed by atoms with Gasteiger partial charge < -0.3 is 14.2 Å². The Balaban J connectivity index is 2.01. The summed E-state index contributed by atoms with van der Waals surface area (Å²) >= 11 is 0. The first-order chi connectivity index (χ1) is 12.9. The summed E-state index contributed by atoms with van der Waals surface area (Å²) < 4.78 is 54.4. The average molecular weight is 376 g/mol. The fourth-order valence-corrected chi connectivity index (χ4v) is 2.50. The molecular weight excluding hydrogens is 361 g/mol. The van der Waals surface area contributed by atoms with Gasteiger partial charge in [0, 0.05) is 6.20 Å². The zero-order valence-corrected chi connectivity index (χ0v) is 14.4. The van der Waals surface area contributed by atoms with Gasteiger partial charge in [0.1, 0.15) is 22.9 Å². The summed E-state index contributed by atoms with van der Waals surface area (Å²) in [5, 5.41) is 0. The van der Waals surface area contributed by atoms with E-state index in [1.54, 1.807) is 30.3 Å². The van der Waals surface area contributed by atoms with Gasteiger partial charge in [-0.1, -0.05) is 6.07 Å². The molecule has 0 N–H and O–H groups in total. The SMILES string of the molecule is COc1cccc(OC)c1-c1cccnc1Oc1ccc(C(F)(F)F)nc1. The summed E-state index contributed by atoms with van der Waals surface area (Å²) in [5.74, 6) is 1.38. The molecule has 0 saturated heterocycles. The third-order valence-electron chi connectivity index (χ3n) is 3.71. The molecule has 0 fully saturated rings. The lowest BCUT2D eigenvalue weighted by Gasteiger charge is -2.16. The van der Waals surface area contributed by atoms with E-state index in [0.717, 1.165) is 12.3 Å². The zero-order chi connectivity index (χ0) is 19.4. The number of hydrogen-bond acceptors (Lipinski definition) is 5. The molecule has 0 unspecified atom stereocenters. The lowest BCUT2D eigenvalue weighted by molar-refractivity contribution is -0.141. The van der Waals surface area contributed by atoms with Gasteiger partial charge in [-0.3, -0.25) is 0 Å². The van der Waals surface area contributed by atoms with E-state index in [9.17, 15) is 13.2 Å². The standard InChI is InChI=1S/C19H15F3N2O3/c1-25-14-6-3-7-15(26-2)17(14)13-5-4-10-23-18(13)27-12-8-9-16(24-11-12)19(20,21)22/h3-11H,1-2H3. The second-order valence-corrected chi connectivity index (χ2v) is 5.37. The van der Waals surface area contributed by atoms with Crippen molar-refractivity contribution in [3.63, 3.8) is 0 Å². The lowest BCUT2D eigenvalue weighted by Crippen LogP contribution is -2.07. The normalized spacial score (nSPS) is 11.1. The van der Waals surface area contributed by atoms with Gasteiger partial charge >= 0.3 is 6.18 Å². The van der Waals surface area contributed by atoms with E-state index in [1.807, 2.05) is 0 Å². The molecule has 0 saturated carbocycles. The number of halogens is 3. The third kappa shape index (κ3) is 3.94. The number of aromatic nitrogens is 2. The van der Waals surface area contributed by atoms with Crippen LogP contribution in [-0.2, 0) is 6.18 Å². The fourth-order valence-electron chi connectivity index (χ4n) is 2.50. The lowest BCUT2D eigenvalue weighted by atomic mass is 10.0. The summed E-state index contributed by atoms with van der Waals surface area (Å²) in [6.45, 7) is 0. The first kappa shape index (κ1) is 18.5. The Morgan fingerprint density at radius 3 is 2.11 bits per heavy atom. The Labute approximate surface area is 153 Å². The first-order valence-corrected chi connectivity index (χ1v) is 7.81. The summed E-state index contributed by atoms with van der Waals surface area (Å²) in [5.41, 5.74) is 0.180. The van der Waals surface area contributed by atoms with E-state index in [4.69, 9.17) is 14.2 Å². The van der Waals surface area contributed by atoms with Crippen molar-refractivity contribution >= 4 is 0 Å². The van der Waals surface area contributed by atoms with Crippen molar-refractivity contribution in [2.24, 2.45) is 0 Å². The van der Waals surface area contributed by atoms with Crippen LogP contribution in [0.1, 0.15) is 5.69 Å². The van der Waals surface area contributed by atoms with Gasteiger partial charge in [0.15, 0.2) is 0 Å². The Hall–Kier alpha value is -3.29. The maximum absolute atomic E-state index is 12.7. The Bertz CT molecular complexity index is 906. The maximum Gasteiger partial charge on any atom is 0.433 e. The summed E-state index contributed by atoms with van der Waals surface area (Å²) in [4.78, 5) is 7.58. The van der Waals surface area contributed by atoms with Crippen LogP contribution in [0, 0.1) is 0 Å². The fraction of sp³-hybridized carbons (Fsp3) is 0.158. The van der Waals surface area contributed by atoms with Crippen molar-refractivity contribution in [2.75, 3.05) is 14.2 Å². The molecule has 0 atom stereocenters. The number of benzene rings is 1. The van der Waals surface area contributed by atoms with Gasteiger partial charge in [-0.25, -0.2) is 9.97 Å². The molecule has 0 aliphatic heterocycles. The zero-order valence-electron chi connectivity index (χ0n) is 14.4. The molecule has 0 spiro atoms. The maximum atomic E-state index is 12.7. The molecule has 0 amide bonds. The smallest absolute Gasteiger partial charge is 0.433 e. The third-order valence-corrected chi connectivity index (χ3v) is 3.71. The van der Waals surface area contributed by atoms with Crippen LogP contribution in [0.4, 0.5) is 13.2 Å². The number of nitrogens with zero attached hydrogens (tertiary/aromatic N) is 2. The molecule has 0 aliphatic carbocycles. The summed E-state index contributed by atoms with van der Waals surface area (Å²) in [6.07, 6.45) is -2.00. The Kier molecular flexibility index (Phi) is 5.16. The van der Waals surface area contributed by atoms with Crippen LogP contribution < -0.4 is 14.2 Å². The minimum atomic E-state index is -4.51. The number of ether oxygens (including phenoxy) is 3. The van der Waals surface area contributed by atoms with E-state index >= 15 is 0 Å². The monoisotopic (exact) mass is 376 g/mol. The van der Waals surface area contributed by atoms with Crippen LogP contribution in [0.25, 0.3) is 11.1 Å². The van der Waals surface area contributed by atoms with Gasteiger partial charge in [0.2, 0.25) is 5.88 Å². The number of rotatable bonds is 5. The van der Waals surface area contributed by atoms with Gasteiger partial charge in [0.05, 0.1) is 31.5 Å². The number of alkyl halides is 3. The molecular formula is C19H15F3N2O3. The van der Waals surface area contributed by atoms with E-state index in [0.29, 0.717) is 22.6 Å². The molecule has 0 radical (unpaired) electrons. The molecule has 0 bridgehead atoms.